The average Bonchev–Trinajstić information content (AvgIpc) is 3.18. The quantitative estimate of drug-likeness (QED) is 0.619. The SMILES string of the molecule is Cc1nn(C)cc1-c1cc(C(=O)Nc2ccn(C)n2)c2ccccc2n1. The van der Waals surface area contributed by atoms with Gasteiger partial charge in [-0.05, 0) is 19.1 Å². The van der Waals surface area contributed by atoms with E-state index in [1.165, 1.54) is 0 Å². The molecule has 7 heteroatoms. The van der Waals surface area contributed by atoms with Gasteiger partial charge in [-0.15, -0.1) is 0 Å². The third kappa shape index (κ3) is 2.83. The van der Waals surface area contributed by atoms with Gasteiger partial charge in [0.15, 0.2) is 5.82 Å². The molecule has 0 unspecified atom stereocenters. The minimum Gasteiger partial charge on any atom is -0.305 e. The fourth-order valence-electron chi connectivity index (χ4n) is 3.02. The molecule has 4 rings (SSSR count). The number of nitrogens with zero attached hydrogens (tertiary/aromatic N) is 5. The highest BCUT2D eigenvalue weighted by Crippen LogP contribution is 2.27. The number of carbonyl (C=O) groups excluding carboxylic acids is 1. The third-order valence-electron chi connectivity index (χ3n) is 4.21. The van der Waals surface area contributed by atoms with Crippen LogP contribution in [-0.2, 0) is 14.1 Å². The molecule has 0 fully saturated rings. The normalized spacial score (nSPS) is 11.0. The van der Waals surface area contributed by atoms with Gasteiger partial charge in [0.25, 0.3) is 5.91 Å². The van der Waals surface area contributed by atoms with Crippen molar-refractivity contribution in [1.82, 2.24) is 24.5 Å². The first-order chi connectivity index (χ1) is 12.5. The lowest BCUT2D eigenvalue weighted by atomic mass is 10.0. The van der Waals surface area contributed by atoms with Gasteiger partial charge in [0.2, 0.25) is 0 Å². The van der Waals surface area contributed by atoms with Crippen molar-refractivity contribution >= 4 is 22.6 Å². The van der Waals surface area contributed by atoms with Crippen LogP contribution in [-0.4, -0.2) is 30.5 Å². The van der Waals surface area contributed by atoms with Crippen LogP contribution in [0.3, 0.4) is 0 Å². The highest BCUT2D eigenvalue weighted by atomic mass is 16.1. The lowest BCUT2D eigenvalue weighted by Crippen LogP contribution is -2.13. The number of anilines is 1. The molecule has 1 amide bonds. The van der Waals surface area contributed by atoms with Gasteiger partial charge in [0, 0.05) is 43.5 Å². The van der Waals surface area contributed by atoms with Crippen molar-refractivity contribution in [3.63, 3.8) is 0 Å². The molecule has 0 saturated carbocycles. The van der Waals surface area contributed by atoms with Gasteiger partial charge in [0.1, 0.15) is 0 Å². The predicted octanol–water partition coefficient (Wildman–Crippen LogP) is 2.93. The molecule has 4 aromatic rings. The van der Waals surface area contributed by atoms with Gasteiger partial charge in [0.05, 0.1) is 22.5 Å². The Morgan fingerprint density at radius 3 is 2.58 bits per heavy atom. The van der Waals surface area contributed by atoms with Crippen molar-refractivity contribution in [3.05, 3.63) is 60.0 Å². The van der Waals surface area contributed by atoms with Crippen LogP contribution in [0.4, 0.5) is 5.82 Å². The Kier molecular flexibility index (Phi) is 3.76. The number of hydrogen-bond acceptors (Lipinski definition) is 4. The predicted molar refractivity (Wildman–Crippen MR) is 99.8 cm³/mol. The molecule has 0 spiro atoms. The van der Waals surface area contributed by atoms with Crippen molar-refractivity contribution in [2.75, 3.05) is 5.32 Å². The van der Waals surface area contributed by atoms with E-state index in [9.17, 15) is 4.79 Å². The molecule has 7 nitrogen and oxygen atoms in total. The maximum atomic E-state index is 12.9. The Hall–Kier alpha value is -3.48. The Labute approximate surface area is 150 Å². The van der Waals surface area contributed by atoms with Gasteiger partial charge in [-0.2, -0.15) is 10.2 Å². The molecule has 130 valence electrons. The molecule has 0 radical (unpaired) electrons. The largest absolute Gasteiger partial charge is 0.305 e. The van der Waals surface area contributed by atoms with Crippen molar-refractivity contribution in [3.8, 4) is 11.3 Å². The summed E-state index contributed by atoms with van der Waals surface area (Å²) in [7, 11) is 3.67. The maximum Gasteiger partial charge on any atom is 0.257 e. The number of aromatic nitrogens is 5. The first-order valence-corrected chi connectivity index (χ1v) is 8.22. The average molecular weight is 346 g/mol. The first-order valence-electron chi connectivity index (χ1n) is 8.22. The molecule has 3 heterocycles. The van der Waals surface area contributed by atoms with Crippen LogP contribution < -0.4 is 5.32 Å². The van der Waals surface area contributed by atoms with Gasteiger partial charge in [-0.1, -0.05) is 18.2 Å². The number of amides is 1. The Morgan fingerprint density at radius 2 is 1.88 bits per heavy atom. The molecule has 26 heavy (non-hydrogen) atoms. The fraction of sp³-hybridized carbons (Fsp3) is 0.158. The number of fused-ring (bicyclic) bond motifs is 1. The van der Waals surface area contributed by atoms with Crippen molar-refractivity contribution in [1.29, 1.82) is 0 Å². The minimum atomic E-state index is -0.218. The zero-order valence-corrected chi connectivity index (χ0v) is 14.8. The number of rotatable bonds is 3. The highest BCUT2D eigenvalue weighted by Gasteiger charge is 2.16. The first kappa shape index (κ1) is 16.0. The summed E-state index contributed by atoms with van der Waals surface area (Å²) in [6.45, 7) is 1.93. The van der Waals surface area contributed by atoms with E-state index in [1.807, 2.05) is 50.5 Å². The summed E-state index contributed by atoms with van der Waals surface area (Å²) in [5.74, 6) is 0.294. The second kappa shape index (κ2) is 6.11. The van der Waals surface area contributed by atoms with E-state index in [0.717, 1.165) is 27.9 Å². The number of pyridine rings is 1. The monoisotopic (exact) mass is 346 g/mol. The topological polar surface area (TPSA) is 77.6 Å². The van der Waals surface area contributed by atoms with E-state index in [1.54, 1.807) is 28.7 Å². The van der Waals surface area contributed by atoms with E-state index in [4.69, 9.17) is 4.98 Å². The molecule has 0 aliphatic rings. The maximum absolute atomic E-state index is 12.9. The zero-order chi connectivity index (χ0) is 18.3. The number of nitrogens with one attached hydrogen (secondary N) is 1. The van der Waals surface area contributed by atoms with Crippen molar-refractivity contribution < 1.29 is 4.79 Å². The summed E-state index contributed by atoms with van der Waals surface area (Å²) in [6, 6.07) is 11.2. The van der Waals surface area contributed by atoms with Crippen LogP contribution in [0.15, 0.2) is 48.8 Å². The standard InChI is InChI=1S/C19H18N6O/c1-12-15(11-25(3)22-12)17-10-14(13-6-4-5-7-16(13)20-17)19(26)21-18-8-9-24(2)23-18/h4-11H,1-3H3,(H,21,23,26). The lowest BCUT2D eigenvalue weighted by molar-refractivity contribution is 0.102. The van der Waals surface area contributed by atoms with Crippen LogP contribution in [0.2, 0.25) is 0 Å². The van der Waals surface area contributed by atoms with Gasteiger partial charge in [-0.25, -0.2) is 4.98 Å². The van der Waals surface area contributed by atoms with Crippen LogP contribution in [0.25, 0.3) is 22.2 Å². The summed E-state index contributed by atoms with van der Waals surface area (Å²) in [6.07, 6.45) is 3.69. The zero-order valence-electron chi connectivity index (χ0n) is 14.8. The van der Waals surface area contributed by atoms with Crippen LogP contribution in [0.5, 0.6) is 0 Å². The second-order valence-electron chi connectivity index (χ2n) is 6.20. The summed E-state index contributed by atoms with van der Waals surface area (Å²) >= 11 is 0. The van der Waals surface area contributed by atoms with Crippen LogP contribution in [0.1, 0.15) is 16.1 Å². The van der Waals surface area contributed by atoms with E-state index >= 15 is 0 Å². The Bertz CT molecular complexity index is 1120. The summed E-state index contributed by atoms with van der Waals surface area (Å²) in [4.78, 5) is 17.6. The lowest BCUT2D eigenvalue weighted by Gasteiger charge is -2.09. The highest BCUT2D eigenvalue weighted by molar-refractivity contribution is 6.12. The van der Waals surface area contributed by atoms with Gasteiger partial charge in [-0.3, -0.25) is 14.2 Å². The minimum absolute atomic E-state index is 0.218. The molecular weight excluding hydrogens is 328 g/mol. The second-order valence-corrected chi connectivity index (χ2v) is 6.20. The molecular formula is C19H18N6O. The molecule has 0 aliphatic heterocycles. The molecule has 3 aromatic heterocycles. The smallest absolute Gasteiger partial charge is 0.257 e. The van der Waals surface area contributed by atoms with E-state index in [-0.39, 0.29) is 5.91 Å². The number of hydrogen-bond donors (Lipinski definition) is 1. The fourth-order valence-corrected chi connectivity index (χ4v) is 3.02. The van der Waals surface area contributed by atoms with E-state index < -0.39 is 0 Å². The molecule has 0 saturated heterocycles. The van der Waals surface area contributed by atoms with E-state index in [2.05, 4.69) is 15.5 Å². The molecule has 1 N–H and O–H groups in total. The summed E-state index contributed by atoms with van der Waals surface area (Å²) in [5.41, 5.74) is 3.82. The molecule has 0 bridgehead atoms. The van der Waals surface area contributed by atoms with Gasteiger partial charge >= 0.3 is 0 Å². The molecule has 1 aromatic carbocycles. The Morgan fingerprint density at radius 1 is 1.08 bits per heavy atom. The number of benzene rings is 1. The van der Waals surface area contributed by atoms with E-state index in [0.29, 0.717) is 11.4 Å². The van der Waals surface area contributed by atoms with Crippen LogP contribution in [0, 0.1) is 6.92 Å². The summed E-state index contributed by atoms with van der Waals surface area (Å²) in [5, 5.41) is 12.2. The molecule has 0 atom stereocenters. The van der Waals surface area contributed by atoms with Crippen molar-refractivity contribution in [2.45, 2.75) is 6.92 Å². The third-order valence-corrected chi connectivity index (χ3v) is 4.21. The number of para-hydroxylation sites is 1. The van der Waals surface area contributed by atoms with Gasteiger partial charge < -0.3 is 5.32 Å². The Balaban J connectivity index is 1.84. The molecule has 0 aliphatic carbocycles. The number of carbonyl (C=O) groups is 1. The van der Waals surface area contributed by atoms with Crippen molar-refractivity contribution in [2.24, 2.45) is 14.1 Å². The van der Waals surface area contributed by atoms with Crippen LogP contribution >= 0.6 is 0 Å². The number of aryl methyl sites for hydroxylation is 3. The summed E-state index contributed by atoms with van der Waals surface area (Å²) < 4.78 is 3.39.